The van der Waals surface area contributed by atoms with Crippen molar-refractivity contribution in [1.82, 2.24) is 4.90 Å². The van der Waals surface area contributed by atoms with Gasteiger partial charge in [-0.05, 0) is 24.1 Å². The molecule has 0 N–H and O–H groups in total. The van der Waals surface area contributed by atoms with Gasteiger partial charge in [0, 0.05) is 25.2 Å². The van der Waals surface area contributed by atoms with Crippen molar-refractivity contribution in [3.8, 4) is 11.8 Å². The lowest BCUT2D eigenvalue weighted by molar-refractivity contribution is -0.103. The molecule has 0 unspecified atom stereocenters. The van der Waals surface area contributed by atoms with E-state index in [4.69, 9.17) is 0 Å². The summed E-state index contributed by atoms with van der Waals surface area (Å²) < 4.78 is 0. The second-order valence-corrected chi connectivity index (χ2v) is 3.17. The average Bonchev–Trinajstić information content (AvgIpc) is 2.25. The molecule has 0 aliphatic carbocycles. The van der Waals surface area contributed by atoms with E-state index in [1.165, 1.54) is 4.90 Å². The fourth-order valence-electron chi connectivity index (χ4n) is 1.10. The van der Waals surface area contributed by atoms with E-state index in [0.717, 1.165) is 0 Å². The number of rotatable bonds is 1. The van der Waals surface area contributed by atoms with E-state index in [0.29, 0.717) is 17.4 Å². The first-order chi connectivity index (χ1) is 7.15. The molecule has 0 fully saturated rings. The van der Waals surface area contributed by atoms with Crippen molar-refractivity contribution < 1.29 is 9.59 Å². The lowest BCUT2D eigenvalue weighted by Gasteiger charge is -2.09. The molecule has 0 spiro atoms. The van der Waals surface area contributed by atoms with Gasteiger partial charge >= 0.3 is 0 Å². The van der Waals surface area contributed by atoms with Crippen molar-refractivity contribution >= 4 is 12.2 Å². The molecule has 0 bridgehead atoms. The fourth-order valence-corrected chi connectivity index (χ4v) is 1.10. The Bertz CT molecular complexity index is 438. The molecule has 0 aliphatic rings. The van der Waals surface area contributed by atoms with Gasteiger partial charge in [-0.25, -0.2) is 0 Å². The van der Waals surface area contributed by atoms with E-state index < -0.39 is 0 Å². The van der Waals surface area contributed by atoms with Crippen molar-refractivity contribution in [2.24, 2.45) is 0 Å². The largest absolute Gasteiger partial charge is 0.345 e. The van der Waals surface area contributed by atoms with Gasteiger partial charge in [0.15, 0.2) is 6.29 Å². The van der Waals surface area contributed by atoms with Crippen LogP contribution in [0.25, 0.3) is 0 Å². The van der Waals surface area contributed by atoms with Crippen LogP contribution in [-0.4, -0.2) is 31.2 Å². The van der Waals surface area contributed by atoms with E-state index in [1.54, 1.807) is 38.4 Å². The number of hydrogen-bond donors (Lipinski definition) is 0. The molecule has 0 atom stereocenters. The van der Waals surface area contributed by atoms with Gasteiger partial charge < -0.3 is 4.90 Å². The maximum absolute atomic E-state index is 11.6. The maximum atomic E-state index is 11.6. The number of carbonyl (C=O) groups excluding carboxylic acids is 2. The number of nitrogens with zero attached hydrogens (tertiary/aromatic N) is 1. The second kappa shape index (κ2) is 4.97. The summed E-state index contributed by atoms with van der Waals surface area (Å²) in [6.07, 6.45) is 0.528. The van der Waals surface area contributed by atoms with Crippen LogP contribution in [-0.2, 0) is 4.79 Å². The average molecular weight is 201 g/mol. The summed E-state index contributed by atoms with van der Waals surface area (Å²) in [6.45, 7) is 0. The molecule has 1 aromatic carbocycles. The highest BCUT2D eigenvalue weighted by Gasteiger charge is 2.06. The van der Waals surface area contributed by atoms with Crippen LogP contribution in [0.4, 0.5) is 0 Å². The maximum Gasteiger partial charge on any atom is 0.253 e. The van der Waals surface area contributed by atoms with Gasteiger partial charge in [-0.2, -0.15) is 0 Å². The minimum absolute atomic E-state index is 0.0789. The van der Waals surface area contributed by atoms with Crippen LogP contribution in [0.5, 0.6) is 0 Å². The predicted molar refractivity (Wildman–Crippen MR) is 57.4 cm³/mol. The first-order valence-corrected chi connectivity index (χ1v) is 4.42. The van der Waals surface area contributed by atoms with Crippen LogP contribution in [0.3, 0.4) is 0 Å². The third kappa shape index (κ3) is 2.96. The SMILES string of the molecule is CN(C)C(=O)c1cccc(C#CC=O)c1. The Labute approximate surface area is 88.7 Å². The molecule has 3 nitrogen and oxygen atoms in total. The van der Waals surface area contributed by atoms with Gasteiger partial charge in [0.05, 0.1) is 0 Å². The fraction of sp³-hybridized carbons (Fsp3) is 0.167. The molecule has 0 saturated heterocycles. The molecule has 0 aromatic heterocycles. The number of hydrogen-bond acceptors (Lipinski definition) is 2. The first kappa shape index (κ1) is 11.0. The Balaban J connectivity index is 3.02. The Morgan fingerprint density at radius 3 is 2.73 bits per heavy atom. The summed E-state index contributed by atoms with van der Waals surface area (Å²) in [6, 6.07) is 6.88. The Kier molecular flexibility index (Phi) is 3.64. The van der Waals surface area contributed by atoms with Crippen LogP contribution >= 0.6 is 0 Å². The molecule has 15 heavy (non-hydrogen) atoms. The normalized spacial score (nSPS) is 8.67. The molecule has 76 valence electrons. The summed E-state index contributed by atoms with van der Waals surface area (Å²) in [7, 11) is 3.37. The Morgan fingerprint density at radius 1 is 1.40 bits per heavy atom. The lowest BCUT2D eigenvalue weighted by Crippen LogP contribution is -2.21. The Hall–Kier alpha value is -2.08. The number of amides is 1. The molecule has 1 aromatic rings. The lowest BCUT2D eigenvalue weighted by atomic mass is 10.1. The van der Waals surface area contributed by atoms with Crippen molar-refractivity contribution in [3.63, 3.8) is 0 Å². The number of benzene rings is 1. The van der Waals surface area contributed by atoms with Gasteiger partial charge in [-0.15, -0.1) is 0 Å². The van der Waals surface area contributed by atoms with Crippen molar-refractivity contribution in [1.29, 1.82) is 0 Å². The van der Waals surface area contributed by atoms with Crippen LogP contribution in [0, 0.1) is 11.8 Å². The highest BCUT2D eigenvalue weighted by molar-refractivity contribution is 5.94. The first-order valence-electron chi connectivity index (χ1n) is 4.42. The van der Waals surface area contributed by atoms with Gasteiger partial charge in [0.1, 0.15) is 0 Å². The van der Waals surface area contributed by atoms with Crippen LogP contribution in [0.15, 0.2) is 24.3 Å². The topological polar surface area (TPSA) is 37.4 Å². The zero-order chi connectivity index (χ0) is 11.3. The van der Waals surface area contributed by atoms with Crippen molar-refractivity contribution in [2.45, 2.75) is 0 Å². The molecule has 0 heterocycles. The third-order valence-electron chi connectivity index (χ3n) is 1.79. The zero-order valence-electron chi connectivity index (χ0n) is 8.65. The Morgan fingerprint density at radius 2 is 2.13 bits per heavy atom. The monoisotopic (exact) mass is 201 g/mol. The second-order valence-electron chi connectivity index (χ2n) is 3.17. The molecule has 0 aliphatic heterocycles. The van der Waals surface area contributed by atoms with Gasteiger partial charge in [-0.3, -0.25) is 9.59 Å². The third-order valence-corrected chi connectivity index (χ3v) is 1.79. The van der Waals surface area contributed by atoms with Gasteiger partial charge in [0.25, 0.3) is 5.91 Å². The number of carbonyl (C=O) groups is 2. The smallest absolute Gasteiger partial charge is 0.253 e. The summed E-state index contributed by atoms with van der Waals surface area (Å²) in [5, 5.41) is 0. The highest BCUT2D eigenvalue weighted by Crippen LogP contribution is 2.05. The minimum atomic E-state index is -0.0789. The quantitative estimate of drug-likeness (QED) is 0.501. The van der Waals surface area contributed by atoms with Crippen molar-refractivity contribution in [2.75, 3.05) is 14.1 Å². The van der Waals surface area contributed by atoms with E-state index in [-0.39, 0.29) is 5.91 Å². The molecule has 3 heteroatoms. The minimum Gasteiger partial charge on any atom is -0.345 e. The molecular formula is C12H11NO2. The van der Waals surface area contributed by atoms with Crippen LogP contribution in [0.2, 0.25) is 0 Å². The summed E-state index contributed by atoms with van der Waals surface area (Å²) in [5.74, 6) is 4.87. The molecule has 1 rings (SSSR count). The number of aldehydes is 1. The predicted octanol–water partition coefficient (Wildman–Crippen LogP) is 0.939. The molecular weight excluding hydrogens is 190 g/mol. The van der Waals surface area contributed by atoms with E-state index in [9.17, 15) is 9.59 Å². The van der Waals surface area contributed by atoms with E-state index in [2.05, 4.69) is 11.8 Å². The summed E-state index contributed by atoms with van der Waals surface area (Å²) in [5.41, 5.74) is 1.23. The summed E-state index contributed by atoms with van der Waals surface area (Å²) in [4.78, 5) is 23.1. The van der Waals surface area contributed by atoms with Crippen LogP contribution in [0.1, 0.15) is 15.9 Å². The van der Waals surface area contributed by atoms with Gasteiger partial charge in [-0.1, -0.05) is 12.0 Å². The van der Waals surface area contributed by atoms with Crippen molar-refractivity contribution in [3.05, 3.63) is 35.4 Å². The van der Waals surface area contributed by atoms with E-state index >= 15 is 0 Å². The van der Waals surface area contributed by atoms with Crippen LogP contribution < -0.4 is 0 Å². The highest BCUT2D eigenvalue weighted by atomic mass is 16.2. The standard InChI is InChI=1S/C12H11NO2/c1-13(2)12(15)11-7-3-5-10(9-11)6-4-8-14/h3,5,7-9H,1-2H3. The zero-order valence-corrected chi connectivity index (χ0v) is 8.65. The van der Waals surface area contributed by atoms with E-state index in [1.807, 2.05) is 0 Å². The summed E-state index contributed by atoms with van der Waals surface area (Å²) >= 11 is 0. The molecule has 1 amide bonds. The molecule has 0 saturated carbocycles. The molecule has 0 radical (unpaired) electrons. The van der Waals surface area contributed by atoms with Gasteiger partial charge in [0.2, 0.25) is 0 Å².